The zero-order valence-electron chi connectivity index (χ0n) is 14.8. The number of carbonyl (C=O) groups excluding carboxylic acids is 2. The Morgan fingerprint density at radius 3 is 2.40 bits per heavy atom. The standard InChI is InChI=1S/C16H23ClN4O4/c1-16(2,3)14(22)25-21-7-5-20(6-8-21)13-10-11(9-12(17)19-13)18-15(23)24-4/h9-10H,5-8H2,1-4H3,(H,18,19,23). The largest absolute Gasteiger partial charge is 0.453 e. The molecule has 0 aliphatic carbocycles. The topological polar surface area (TPSA) is 84.0 Å². The zero-order chi connectivity index (χ0) is 18.6. The molecule has 2 heterocycles. The summed E-state index contributed by atoms with van der Waals surface area (Å²) >= 11 is 6.03. The second-order valence-electron chi connectivity index (χ2n) is 6.70. The monoisotopic (exact) mass is 370 g/mol. The van der Waals surface area contributed by atoms with E-state index in [4.69, 9.17) is 16.4 Å². The number of carbonyl (C=O) groups is 2. The first kappa shape index (κ1) is 19.3. The predicted molar refractivity (Wildman–Crippen MR) is 94.6 cm³/mol. The summed E-state index contributed by atoms with van der Waals surface area (Å²) in [5.74, 6) is 0.382. The zero-order valence-corrected chi connectivity index (χ0v) is 15.6. The second-order valence-corrected chi connectivity index (χ2v) is 7.09. The summed E-state index contributed by atoms with van der Waals surface area (Å²) < 4.78 is 4.58. The summed E-state index contributed by atoms with van der Waals surface area (Å²) in [6, 6.07) is 3.27. The molecule has 8 nitrogen and oxygen atoms in total. The van der Waals surface area contributed by atoms with Crippen LogP contribution in [0.1, 0.15) is 20.8 Å². The number of ether oxygens (including phenoxy) is 1. The molecule has 0 saturated carbocycles. The Labute approximate surface area is 152 Å². The number of hydrogen-bond donors (Lipinski definition) is 1. The van der Waals surface area contributed by atoms with Crippen molar-refractivity contribution in [2.75, 3.05) is 43.5 Å². The van der Waals surface area contributed by atoms with Crippen LogP contribution in [-0.4, -0.2) is 55.4 Å². The van der Waals surface area contributed by atoms with Gasteiger partial charge < -0.3 is 14.5 Å². The number of pyridine rings is 1. The molecule has 0 unspecified atom stereocenters. The number of anilines is 2. The number of aromatic nitrogens is 1. The third-order valence-electron chi connectivity index (χ3n) is 3.60. The second kappa shape index (κ2) is 7.88. The minimum atomic E-state index is -0.577. The Morgan fingerprint density at radius 1 is 1.20 bits per heavy atom. The van der Waals surface area contributed by atoms with E-state index in [1.165, 1.54) is 7.11 Å². The number of nitrogens with zero attached hydrogens (tertiary/aromatic N) is 3. The molecule has 0 aromatic carbocycles. The van der Waals surface area contributed by atoms with Crippen LogP contribution in [0.2, 0.25) is 5.15 Å². The van der Waals surface area contributed by atoms with Gasteiger partial charge in [0.15, 0.2) is 0 Å². The van der Waals surface area contributed by atoms with Crippen molar-refractivity contribution >= 4 is 35.2 Å². The van der Waals surface area contributed by atoms with Crippen molar-refractivity contribution in [3.8, 4) is 0 Å². The predicted octanol–water partition coefficient (Wildman–Crippen LogP) is 2.54. The number of methoxy groups -OCH3 is 1. The molecule has 1 N–H and O–H groups in total. The van der Waals surface area contributed by atoms with Gasteiger partial charge in [-0.05, 0) is 26.8 Å². The van der Waals surface area contributed by atoms with Crippen LogP contribution >= 0.6 is 11.6 Å². The first-order valence-electron chi connectivity index (χ1n) is 7.94. The van der Waals surface area contributed by atoms with E-state index in [1.807, 2.05) is 25.7 Å². The van der Waals surface area contributed by atoms with Crippen molar-refractivity contribution in [2.45, 2.75) is 20.8 Å². The van der Waals surface area contributed by atoms with Gasteiger partial charge in [0, 0.05) is 19.2 Å². The van der Waals surface area contributed by atoms with Gasteiger partial charge in [0.1, 0.15) is 11.0 Å². The molecule has 1 aromatic rings. The molecule has 0 radical (unpaired) electrons. The van der Waals surface area contributed by atoms with Crippen LogP contribution in [0, 0.1) is 5.41 Å². The summed E-state index contributed by atoms with van der Waals surface area (Å²) in [6.07, 6.45) is -0.577. The average Bonchev–Trinajstić information content (AvgIpc) is 2.54. The lowest BCUT2D eigenvalue weighted by molar-refractivity contribution is -0.201. The molecule has 0 bridgehead atoms. The molecule has 0 spiro atoms. The van der Waals surface area contributed by atoms with E-state index in [0.29, 0.717) is 37.7 Å². The maximum absolute atomic E-state index is 11.9. The highest BCUT2D eigenvalue weighted by Gasteiger charge is 2.28. The van der Waals surface area contributed by atoms with Gasteiger partial charge in [-0.1, -0.05) is 11.6 Å². The molecule has 1 aliphatic heterocycles. The van der Waals surface area contributed by atoms with Crippen molar-refractivity contribution in [1.29, 1.82) is 0 Å². The highest BCUT2D eigenvalue weighted by Crippen LogP contribution is 2.23. The maximum Gasteiger partial charge on any atom is 0.411 e. The summed E-state index contributed by atoms with van der Waals surface area (Å²) in [4.78, 5) is 35.0. The van der Waals surface area contributed by atoms with Crippen LogP contribution in [-0.2, 0) is 14.4 Å². The van der Waals surface area contributed by atoms with Crippen LogP contribution in [0.3, 0.4) is 0 Å². The molecular weight excluding hydrogens is 348 g/mol. The lowest BCUT2D eigenvalue weighted by Gasteiger charge is -2.35. The molecule has 138 valence electrons. The Hall–Kier alpha value is -2.06. The summed E-state index contributed by atoms with van der Waals surface area (Å²) in [5, 5.41) is 4.50. The lowest BCUT2D eigenvalue weighted by atomic mass is 9.98. The van der Waals surface area contributed by atoms with E-state index in [2.05, 4.69) is 15.0 Å². The van der Waals surface area contributed by atoms with Crippen LogP contribution in [0.25, 0.3) is 0 Å². The minimum absolute atomic E-state index is 0.258. The van der Waals surface area contributed by atoms with Crippen molar-refractivity contribution in [3.63, 3.8) is 0 Å². The number of nitrogens with one attached hydrogen (secondary N) is 1. The average molecular weight is 371 g/mol. The van der Waals surface area contributed by atoms with E-state index >= 15 is 0 Å². The first-order chi connectivity index (χ1) is 11.7. The molecule has 25 heavy (non-hydrogen) atoms. The van der Waals surface area contributed by atoms with Crippen molar-refractivity contribution in [1.82, 2.24) is 10.0 Å². The summed E-state index contributed by atoms with van der Waals surface area (Å²) in [6.45, 7) is 7.78. The highest BCUT2D eigenvalue weighted by molar-refractivity contribution is 6.29. The number of halogens is 1. The summed E-state index contributed by atoms with van der Waals surface area (Å²) in [7, 11) is 1.29. The van der Waals surface area contributed by atoms with Gasteiger partial charge >= 0.3 is 12.1 Å². The van der Waals surface area contributed by atoms with Gasteiger partial charge in [-0.3, -0.25) is 5.32 Å². The van der Waals surface area contributed by atoms with Crippen molar-refractivity contribution in [3.05, 3.63) is 17.3 Å². The number of hydroxylamine groups is 2. The normalized spacial score (nSPS) is 15.6. The number of rotatable bonds is 3. The summed E-state index contributed by atoms with van der Waals surface area (Å²) in [5.41, 5.74) is -0.0384. The third kappa shape index (κ3) is 5.47. The molecule has 9 heteroatoms. The fourth-order valence-corrected chi connectivity index (χ4v) is 2.35. The Kier molecular flexibility index (Phi) is 6.07. The van der Waals surface area contributed by atoms with E-state index in [-0.39, 0.29) is 11.1 Å². The molecule has 2 rings (SSSR count). The van der Waals surface area contributed by atoms with Crippen molar-refractivity contribution in [2.24, 2.45) is 5.41 Å². The number of hydrogen-bond acceptors (Lipinski definition) is 7. The molecule has 1 aromatic heterocycles. The van der Waals surface area contributed by atoms with E-state index in [1.54, 1.807) is 17.2 Å². The first-order valence-corrected chi connectivity index (χ1v) is 8.31. The smallest absolute Gasteiger partial charge is 0.411 e. The molecular formula is C16H23ClN4O4. The van der Waals surface area contributed by atoms with E-state index in [9.17, 15) is 9.59 Å². The highest BCUT2D eigenvalue weighted by atomic mass is 35.5. The van der Waals surface area contributed by atoms with Gasteiger partial charge in [0.2, 0.25) is 0 Å². The van der Waals surface area contributed by atoms with Gasteiger partial charge in [-0.15, -0.1) is 5.06 Å². The fourth-order valence-electron chi connectivity index (χ4n) is 2.15. The van der Waals surface area contributed by atoms with E-state index < -0.39 is 11.5 Å². The Balaban J connectivity index is 1.98. The van der Waals surface area contributed by atoms with Gasteiger partial charge in [0.25, 0.3) is 0 Å². The van der Waals surface area contributed by atoms with Crippen molar-refractivity contribution < 1.29 is 19.2 Å². The van der Waals surface area contributed by atoms with E-state index in [0.717, 1.165) is 0 Å². The lowest BCUT2D eigenvalue weighted by Crippen LogP contribution is -2.48. The maximum atomic E-state index is 11.9. The molecule has 0 atom stereocenters. The quantitative estimate of drug-likeness (QED) is 0.818. The van der Waals surface area contributed by atoms with Gasteiger partial charge in [-0.25, -0.2) is 14.6 Å². The Morgan fingerprint density at radius 2 is 1.84 bits per heavy atom. The minimum Gasteiger partial charge on any atom is -0.453 e. The molecule has 1 saturated heterocycles. The third-order valence-corrected chi connectivity index (χ3v) is 3.79. The Bertz CT molecular complexity index is 640. The van der Waals surface area contributed by atoms with Crippen LogP contribution in [0.15, 0.2) is 12.1 Å². The van der Waals surface area contributed by atoms with Gasteiger partial charge in [-0.2, -0.15) is 0 Å². The fraction of sp³-hybridized carbons (Fsp3) is 0.562. The van der Waals surface area contributed by atoms with Crippen LogP contribution < -0.4 is 10.2 Å². The van der Waals surface area contributed by atoms with Gasteiger partial charge in [0.05, 0.1) is 31.3 Å². The van der Waals surface area contributed by atoms with Crippen LogP contribution in [0.5, 0.6) is 0 Å². The number of piperazine rings is 1. The molecule has 1 fully saturated rings. The molecule has 1 aliphatic rings. The number of amides is 1. The molecule has 1 amide bonds. The SMILES string of the molecule is COC(=O)Nc1cc(Cl)nc(N2CCN(OC(=O)C(C)(C)C)CC2)c1. The van der Waals surface area contributed by atoms with Crippen LogP contribution in [0.4, 0.5) is 16.3 Å².